The molecule has 0 aliphatic carbocycles. The van der Waals surface area contributed by atoms with Gasteiger partial charge in [-0.2, -0.15) is 5.10 Å². The molecule has 0 aromatic heterocycles. The van der Waals surface area contributed by atoms with Crippen molar-refractivity contribution in [1.82, 2.24) is 10.0 Å². The van der Waals surface area contributed by atoms with E-state index in [1.807, 2.05) is 0 Å². The van der Waals surface area contributed by atoms with Gasteiger partial charge in [0.25, 0.3) is 5.91 Å². The lowest BCUT2D eigenvalue weighted by Gasteiger charge is -2.28. The van der Waals surface area contributed by atoms with Gasteiger partial charge in [-0.1, -0.05) is 0 Å². The lowest BCUT2D eigenvalue weighted by molar-refractivity contribution is -0.134. The summed E-state index contributed by atoms with van der Waals surface area (Å²) in [5.41, 5.74) is 5.86. The number of halogens is 1. The molecule has 0 spiro atoms. The number of cyclic esters (lactones) is 1. The molecule has 5 N–H and O–H groups in total. The Bertz CT molecular complexity index is 834. The van der Waals surface area contributed by atoms with E-state index >= 15 is 0 Å². The fourth-order valence-corrected chi connectivity index (χ4v) is 3.03. The highest BCUT2D eigenvalue weighted by molar-refractivity contribution is 5.90. The first-order valence-corrected chi connectivity index (χ1v) is 8.82. The number of hydrazine groups is 1. The summed E-state index contributed by atoms with van der Waals surface area (Å²) in [5.74, 6) is 4.61. The standard InChI is InChI=1S/C17H22FN7O4/c18-14-7-12(24-9-13(29-17(24)28)8-23(20)4-3-19)1-2-15(14)22-5-6-25(21-11-22)16(27)10-26/h1-4,7,11,13,26H,5-6,8-10,19-20H2/b4-3-. The smallest absolute Gasteiger partial charge is 0.414 e. The Morgan fingerprint density at radius 2 is 2.24 bits per heavy atom. The zero-order valence-electron chi connectivity index (χ0n) is 15.5. The number of carbonyl (C=O) groups is 2. The number of hydrazone groups is 1. The topological polar surface area (TPSA) is 141 Å². The first-order chi connectivity index (χ1) is 13.9. The Labute approximate surface area is 166 Å². The Morgan fingerprint density at radius 1 is 1.45 bits per heavy atom. The fraction of sp³-hybridized carbons (Fsp3) is 0.353. The minimum Gasteiger partial charge on any atom is -0.442 e. The van der Waals surface area contributed by atoms with Gasteiger partial charge in [-0.05, 0) is 18.2 Å². The van der Waals surface area contributed by atoms with Crippen LogP contribution in [0.25, 0.3) is 0 Å². The van der Waals surface area contributed by atoms with Crippen LogP contribution < -0.4 is 21.4 Å². The number of hydrogen-bond donors (Lipinski definition) is 3. The number of benzene rings is 1. The van der Waals surface area contributed by atoms with Crippen molar-refractivity contribution < 1.29 is 23.8 Å². The Balaban J connectivity index is 1.68. The Kier molecular flexibility index (Phi) is 6.14. The molecule has 12 heteroatoms. The van der Waals surface area contributed by atoms with E-state index in [1.54, 1.807) is 6.07 Å². The Morgan fingerprint density at radius 3 is 2.86 bits per heavy atom. The summed E-state index contributed by atoms with van der Waals surface area (Å²) < 4.78 is 19.9. The molecule has 156 valence electrons. The van der Waals surface area contributed by atoms with Crippen LogP contribution in [0.4, 0.5) is 20.6 Å². The van der Waals surface area contributed by atoms with Gasteiger partial charge in [-0.15, -0.1) is 0 Å². The monoisotopic (exact) mass is 407 g/mol. The normalized spacial score (nSPS) is 19.2. The van der Waals surface area contributed by atoms with E-state index in [2.05, 4.69) is 5.10 Å². The maximum atomic E-state index is 14.7. The highest BCUT2D eigenvalue weighted by Gasteiger charge is 2.33. The minimum atomic E-state index is -0.641. The third kappa shape index (κ3) is 4.55. The van der Waals surface area contributed by atoms with Crippen LogP contribution in [-0.2, 0) is 9.53 Å². The van der Waals surface area contributed by atoms with Gasteiger partial charge in [-0.3, -0.25) is 9.69 Å². The van der Waals surface area contributed by atoms with Crippen molar-refractivity contribution >= 4 is 29.7 Å². The maximum Gasteiger partial charge on any atom is 0.414 e. The molecule has 0 radical (unpaired) electrons. The van der Waals surface area contributed by atoms with Gasteiger partial charge in [0.2, 0.25) is 0 Å². The molecule has 29 heavy (non-hydrogen) atoms. The van der Waals surface area contributed by atoms with Gasteiger partial charge in [0, 0.05) is 18.9 Å². The van der Waals surface area contributed by atoms with Crippen molar-refractivity contribution in [2.75, 3.05) is 42.6 Å². The molecule has 0 bridgehead atoms. The molecule has 1 atom stereocenters. The van der Waals surface area contributed by atoms with Crippen LogP contribution in [0, 0.1) is 5.82 Å². The summed E-state index contributed by atoms with van der Waals surface area (Å²) in [6.07, 6.45) is 2.95. The van der Waals surface area contributed by atoms with Crippen LogP contribution in [0.3, 0.4) is 0 Å². The number of hydrogen-bond acceptors (Lipinski definition) is 9. The quantitative estimate of drug-likeness (QED) is 0.417. The Hall–Kier alpha value is -3.38. The van der Waals surface area contributed by atoms with Crippen molar-refractivity contribution in [1.29, 1.82) is 0 Å². The molecular weight excluding hydrogens is 385 g/mol. The predicted molar refractivity (Wildman–Crippen MR) is 103 cm³/mol. The number of nitrogens with zero attached hydrogens (tertiary/aromatic N) is 5. The van der Waals surface area contributed by atoms with Crippen LogP contribution in [0.1, 0.15) is 0 Å². The van der Waals surface area contributed by atoms with E-state index in [0.717, 1.165) is 5.01 Å². The molecule has 11 nitrogen and oxygen atoms in total. The molecule has 2 aliphatic heterocycles. The van der Waals surface area contributed by atoms with E-state index in [0.29, 0.717) is 12.2 Å². The van der Waals surface area contributed by atoms with Gasteiger partial charge < -0.3 is 25.5 Å². The predicted octanol–water partition coefficient (Wildman–Crippen LogP) is -0.659. The van der Waals surface area contributed by atoms with Crippen molar-refractivity contribution in [3.05, 3.63) is 36.4 Å². The third-order valence-corrected chi connectivity index (χ3v) is 4.42. The molecule has 2 aliphatic rings. The number of carbonyl (C=O) groups excluding carboxylic acids is 2. The number of aliphatic hydroxyl groups is 1. The number of amides is 2. The molecule has 1 aromatic carbocycles. The number of anilines is 2. The summed E-state index contributed by atoms with van der Waals surface area (Å²) in [4.78, 5) is 26.4. The fourth-order valence-electron chi connectivity index (χ4n) is 3.03. The summed E-state index contributed by atoms with van der Waals surface area (Å²) >= 11 is 0. The molecular formula is C17H22FN7O4. The van der Waals surface area contributed by atoms with Crippen LogP contribution >= 0.6 is 0 Å². The first kappa shape index (κ1) is 20.4. The molecule has 0 saturated carbocycles. The highest BCUT2D eigenvalue weighted by atomic mass is 19.1. The summed E-state index contributed by atoms with van der Waals surface area (Å²) in [7, 11) is 0. The van der Waals surface area contributed by atoms with Crippen LogP contribution in [0.2, 0.25) is 0 Å². The van der Waals surface area contributed by atoms with Crippen molar-refractivity contribution in [2.24, 2.45) is 16.7 Å². The third-order valence-electron chi connectivity index (χ3n) is 4.42. The van der Waals surface area contributed by atoms with Gasteiger partial charge >= 0.3 is 6.09 Å². The number of aliphatic hydroxyl groups excluding tert-OH is 1. The number of nitrogens with two attached hydrogens (primary N) is 2. The molecule has 1 saturated heterocycles. The molecule has 1 aromatic rings. The molecule has 3 rings (SSSR count). The van der Waals surface area contributed by atoms with Gasteiger partial charge in [0.1, 0.15) is 24.9 Å². The lowest BCUT2D eigenvalue weighted by Crippen LogP contribution is -2.42. The zero-order chi connectivity index (χ0) is 21.0. The average molecular weight is 407 g/mol. The van der Waals surface area contributed by atoms with Crippen molar-refractivity contribution in [3.63, 3.8) is 0 Å². The van der Waals surface area contributed by atoms with Crippen LogP contribution in [-0.4, -0.2) is 72.4 Å². The highest BCUT2D eigenvalue weighted by Crippen LogP contribution is 2.28. The van der Waals surface area contributed by atoms with E-state index in [1.165, 1.54) is 45.7 Å². The second-order valence-electron chi connectivity index (χ2n) is 6.39. The average Bonchev–Trinajstić information content (AvgIpc) is 3.07. The van der Waals surface area contributed by atoms with Crippen LogP contribution in [0.5, 0.6) is 0 Å². The van der Waals surface area contributed by atoms with Crippen molar-refractivity contribution in [3.8, 4) is 0 Å². The summed E-state index contributed by atoms with van der Waals surface area (Å²) in [6.45, 7) is 0.332. The van der Waals surface area contributed by atoms with E-state index in [-0.39, 0.29) is 25.3 Å². The summed E-state index contributed by atoms with van der Waals surface area (Å²) in [6, 6.07) is 4.35. The number of ether oxygens (including phenoxy) is 1. The molecule has 2 amide bonds. The first-order valence-electron chi connectivity index (χ1n) is 8.82. The molecule has 2 heterocycles. The van der Waals surface area contributed by atoms with Crippen LogP contribution in [0.15, 0.2) is 35.7 Å². The second-order valence-corrected chi connectivity index (χ2v) is 6.39. The molecule has 1 fully saturated rings. The minimum absolute atomic E-state index is 0.212. The molecule has 1 unspecified atom stereocenters. The largest absolute Gasteiger partial charge is 0.442 e. The second kappa shape index (κ2) is 8.75. The lowest BCUT2D eigenvalue weighted by atomic mass is 10.2. The van der Waals surface area contributed by atoms with Crippen molar-refractivity contribution in [2.45, 2.75) is 6.10 Å². The van der Waals surface area contributed by atoms with Gasteiger partial charge in [-0.25, -0.2) is 20.0 Å². The van der Waals surface area contributed by atoms with E-state index < -0.39 is 30.5 Å². The maximum absolute atomic E-state index is 14.7. The van der Waals surface area contributed by atoms with E-state index in [9.17, 15) is 14.0 Å². The SMILES string of the molecule is N/C=C\N(N)CC1CN(c2ccc(N3C=NN(C(=O)CO)CC3)c(F)c2)C(=O)O1. The van der Waals surface area contributed by atoms with Gasteiger partial charge in [0.05, 0.1) is 31.0 Å². The van der Waals surface area contributed by atoms with Gasteiger partial charge in [0.15, 0.2) is 0 Å². The zero-order valence-corrected chi connectivity index (χ0v) is 15.5. The summed E-state index contributed by atoms with van der Waals surface area (Å²) in [5, 5.41) is 15.2. The van der Waals surface area contributed by atoms with E-state index in [4.69, 9.17) is 21.4 Å². The number of rotatable bonds is 6.